The number of sulfonamides is 1. The van der Waals surface area contributed by atoms with Crippen molar-refractivity contribution < 1.29 is 13.2 Å². The number of nitrogens with zero attached hydrogens (tertiary/aromatic N) is 1. The molecule has 2 N–H and O–H groups in total. The second-order valence-electron chi connectivity index (χ2n) is 5.32. The van der Waals surface area contributed by atoms with Gasteiger partial charge in [0.1, 0.15) is 0 Å². The first kappa shape index (κ1) is 17.9. The van der Waals surface area contributed by atoms with Crippen LogP contribution in [0.25, 0.3) is 0 Å². The van der Waals surface area contributed by atoms with Gasteiger partial charge in [-0.2, -0.15) is 0 Å². The van der Waals surface area contributed by atoms with E-state index in [9.17, 15) is 13.2 Å². The van der Waals surface area contributed by atoms with Crippen LogP contribution >= 0.6 is 11.6 Å². The Bertz CT molecular complexity index is 644. The zero-order valence-corrected chi connectivity index (χ0v) is 14.3. The number of amides is 1. The van der Waals surface area contributed by atoms with E-state index in [1.165, 1.54) is 12.1 Å². The molecule has 21 heavy (non-hydrogen) atoms. The van der Waals surface area contributed by atoms with Gasteiger partial charge in [-0.25, -0.2) is 13.6 Å². The molecule has 1 amide bonds. The summed E-state index contributed by atoms with van der Waals surface area (Å²) in [5, 5.41) is 5.32. The smallest absolute Gasteiger partial charge is 0.253 e. The lowest BCUT2D eigenvalue weighted by atomic mass is 10.1. The fraction of sp³-hybridized carbons (Fsp3) is 0.500. The fourth-order valence-corrected chi connectivity index (χ4v) is 2.77. The molecule has 0 saturated heterocycles. The third-order valence-electron chi connectivity index (χ3n) is 3.51. The van der Waals surface area contributed by atoms with E-state index in [4.69, 9.17) is 16.7 Å². The molecule has 5 nitrogen and oxygen atoms in total. The summed E-state index contributed by atoms with van der Waals surface area (Å²) in [6.07, 6.45) is 0.953. The van der Waals surface area contributed by atoms with Gasteiger partial charge in [0.25, 0.3) is 5.91 Å². The molecule has 0 radical (unpaired) electrons. The van der Waals surface area contributed by atoms with Crippen LogP contribution in [0.3, 0.4) is 0 Å². The molecular weight excluding hydrogens is 312 g/mol. The van der Waals surface area contributed by atoms with Crippen molar-refractivity contribution in [3.63, 3.8) is 0 Å². The van der Waals surface area contributed by atoms with Gasteiger partial charge in [-0.3, -0.25) is 4.79 Å². The van der Waals surface area contributed by atoms with Crippen LogP contribution in [0.2, 0.25) is 5.02 Å². The first-order valence-electron chi connectivity index (χ1n) is 6.66. The van der Waals surface area contributed by atoms with Crippen LogP contribution in [-0.4, -0.2) is 32.8 Å². The summed E-state index contributed by atoms with van der Waals surface area (Å²) >= 11 is 6.02. The number of benzene rings is 1. The molecule has 0 spiro atoms. The van der Waals surface area contributed by atoms with Gasteiger partial charge in [0, 0.05) is 24.2 Å². The monoisotopic (exact) mass is 332 g/mol. The van der Waals surface area contributed by atoms with E-state index < -0.39 is 10.0 Å². The molecule has 1 atom stereocenters. The van der Waals surface area contributed by atoms with E-state index in [1.54, 1.807) is 18.9 Å². The molecular formula is C14H21ClN2O3S. The van der Waals surface area contributed by atoms with Crippen molar-refractivity contribution in [1.29, 1.82) is 0 Å². The molecule has 0 aliphatic heterocycles. The molecule has 0 aromatic heterocycles. The summed E-state index contributed by atoms with van der Waals surface area (Å²) in [6, 6.07) is 2.55. The maximum absolute atomic E-state index is 12.5. The Labute approximate surface area is 131 Å². The zero-order valence-electron chi connectivity index (χ0n) is 12.7. The summed E-state index contributed by atoms with van der Waals surface area (Å²) in [6.45, 7) is 6.36. The normalized spacial score (nSPS) is 13.0. The molecule has 7 heteroatoms. The van der Waals surface area contributed by atoms with Crippen LogP contribution in [0.1, 0.15) is 36.2 Å². The van der Waals surface area contributed by atoms with Gasteiger partial charge >= 0.3 is 0 Å². The second-order valence-corrected chi connectivity index (χ2v) is 7.29. The second kappa shape index (κ2) is 6.77. The number of hydrogen-bond acceptors (Lipinski definition) is 3. The van der Waals surface area contributed by atoms with Crippen LogP contribution in [-0.2, 0) is 10.0 Å². The highest BCUT2D eigenvalue weighted by atomic mass is 35.5. The predicted molar refractivity (Wildman–Crippen MR) is 84.0 cm³/mol. The topological polar surface area (TPSA) is 80.5 Å². The van der Waals surface area contributed by atoms with Crippen molar-refractivity contribution in [3.05, 3.63) is 28.3 Å². The number of carbonyl (C=O) groups excluding carboxylic acids is 1. The van der Waals surface area contributed by atoms with Crippen molar-refractivity contribution in [2.75, 3.05) is 13.6 Å². The number of rotatable bonds is 5. The lowest BCUT2D eigenvalue weighted by Gasteiger charge is -2.22. The largest absolute Gasteiger partial charge is 0.341 e. The Morgan fingerprint density at radius 2 is 2.00 bits per heavy atom. The van der Waals surface area contributed by atoms with E-state index in [2.05, 4.69) is 0 Å². The van der Waals surface area contributed by atoms with Gasteiger partial charge in [0.15, 0.2) is 0 Å². The molecule has 0 heterocycles. The van der Waals surface area contributed by atoms with E-state index >= 15 is 0 Å². The van der Waals surface area contributed by atoms with Crippen molar-refractivity contribution >= 4 is 27.5 Å². The van der Waals surface area contributed by atoms with Gasteiger partial charge in [-0.05, 0) is 30.5 Å². The molecule has 1 unspecified atom stereocenters. The van der Waals surface area contributed by atoms with Crippen LogP contribution in [0.15, 0.2) is 17.0 Å². The van der Waals surface area contributed by atoms with Crippen LogP contribution < -0.4 is 5.14 Å². The summed E-state index contributed by atoms with van der Waals surface area (Å²) in [7, 11) is -2.22. The van der Waals surface area contributed by atoms with Gasteiger partial charge < -0.3 is 4.90 Å². The van der Waals surface area contributed by atoms with Gasteiger partial charge in [0.05, 0.1) is 4.90 Å². The van der Waals surface area contributed by atoms with Gasteiger partial charge in [0.2, 0.25) is 10.0 Å². The van der Waals surface area contributed by atoms with E-state index in [0.29, 0.717) is 18.0 Å². The summed E-state index contributed by atoms with van der Waals surface area (Å²) in [4.78, 5) is 13.9. The molecule has 0 bridgehead atoms. The highest BCUT2D eigenvalue weighted by Gasteiger charge is 2.21. The minimum absolute atomic E-state index is 0.154. The number of nitrogens with two attached hydrogens (primary N) is 1. The highest BCUT2D eigenvalue weighted by Crippen LogP contribution is 2.25. The standard InChI is InChI=1S/C14H21ClN2O3S/c1-5-9(2)8-17(4)14(18)12-6-11(21(16,19)20)7-13(15)10(12)3/h6-7,9H,5,8H2,1-4H3,(H2,16,19,20). The minimum Gasteiger partial charge on any atom is -0.341 e. The Balaban J connectivity index is 3.23. The first-order chi connectivity index (χ1) is 9.57. The summed E-state index contributed by atoms with van der Waals surface area (Å²) < 4.78 is 22.9. The third kappa shape index (κ3) is 4.43. The Kier molecular flexibility index (Phi) is 5.78. The maximum Gasteiger partial charge on any atom is 0.253 e. The average Bonchev–Trinajstić information content (AvgIpc) is 2.39. The van der Waals surface area contributed by atoms with E-state index in [1.807, 2.05) is 13.8 Å². The maximum atomic E-state index is 12.5. The summed E-state index contributed by atoms with van der Waals surface area (Å²) in [5.41, 5.74) is 0.808. The fourth-order valence-electron chi connectivity index (χ4n) is 1.93. The predicted octanol–water partition coefficient (Wildman–Crippen LogP) is 2.41. The average molecular weight is 333 g/mol. The van der Waals surface area contributed by atoms with Crippen LogP contribution in [0, 0.1) is 12.8 Å². The first-order valence-corrected chi connectivity index (χ1v) is 8.58. The molecule has 118 valence electrons. The zero-order chi connectivity index (χ0) is 16.4. The third-order valence-corrected chi connectivity index (χ3v) is 4.79. The number of primary sulfonamides is 1. The van der Waals surface area contributed by atoms with Crippen molar-refractivity contribution in [3.8, 4) is 0 Å². The molecule has 0 aliphatic carbocycles. The van der Waals surface area contributed by atoms with Gasteiger partial charge in [-0.1, -0.05) is 31.9 Å². The quantitative estimate of drug-likeness (QED) is 0.899. The van der Waals surface area contributed by atoms with Crippen LogP contribution in [0.4, 0.5) is 0 Å². The van der Waals surface area contributed by atoms with Crippen molar-refractivity contribution in [2.45, 2.75) is 32.1 Å². The molecule has 0 aliphatic rings. The SMILES string of the molecule is CCC(C)CN(C)C(=O)c1cc(S(N)(=O)=O)cc(Cl)c1C. The lowest BCUT2D eigenvalue weighted by Crippen LogP contribution is -2.31. The molecule has 0 fully saturated rings. The van der Waals surface area contributed by atoms with Crippen LogP contribution in [0.5, 0.6) is 0 Å². The Morgan fingerprint density at radius 1 is 1.43 bits per heavy atom. The van der Waals surface area contributed by atoms with Crippen molar-refractivity contribution in [1.82, 2.24) is 4.90 Å². The Morgan fingerprint density at radius 3 is 2.48 bits per heavy atom. The highest BCUT2D eigenvalue weighted by molar-refractivity contribution is 7.89. The van der Waals surface area contributed by atoms with Crippen molar-refractivity contribution in [2.24, 2.45) is 11.1 Å². The van der Waals surface area contributed by atoms with Gasteiger partial charge in [-0.15, -0.1) is 0 Å². The number of carbonyl (C=O) groups is 1. The van der Waals surface area contributed by atoms with E-state index in [-0.39, 0.29) is 21.4 Å². The Hall–Kier alpha value is -1.11. The number of hydrogen-bond donors (Lipinski definition) is 1. The molecule has 0 saturated carbocycles. The number of halogens is 1. The minimum atomic E-state index is -3.91. The van der Waals surface area contributed by atoms with E-state index in [0.717, 1.165) is 6.42 Å². The summed E-state index contributed by atoms with van der Waals surface area (Å²) in [5.74, 6) is 0.0938. The molecule has 1 aromatic carbocycles. The lowest BCUT2D eigenvalue weighted by molar-refractivity contribution is 0.0774. The molecule has 1 aromatic rings. The molecule has 1 rings (SSSR count).